The van der Waals surface area contributed by atoms with Crippen LogP contribution in [0.1, 0.15) is 0 Å². The van der Waals surface area contributed by atoms with Gasteiger partial charge in [-0.15, -0.1) is 0 Å². The molecule has 0 aliphatic rings. The topological polar surface area (TPSA) is 73.1 Å². The number of nitrogen functional groups attached to an aromatic ring is 1. The van der Waals surface area contributed by atoms with Gasteiger partial charge in [-0.1, -0.05) is 0 Å². The fraction of sp³-hybridized carbons (Fsp3) is 0.0909. The third-order valence-corrected chi connectivity index (χ3v) is 2.80. The third kappa shape index (κ3) is 2.85. The fourth-order valence-electron chi connectivity index (χ4n) is 1.31. The number of hydrogen-bond acceptors (Lipinski definition) is 5. The van der Waals surface area contributed by atoms with Crippen LogP contribution in [0.2, 0.25) is 0 Å². The fourth-order valence-corrected chi connectivity index (χ4v) is 1.65. The summed E-state index contributed by atoms with van der Waals surface area (Å²) in [5.74, 6) is 1.62. The Bertz CT molecular complexity index is 533. The number of rotatable bonds is 3. The SMILES string of the molecule is COc1ccc(Br)c(Nc2ccnc(N)n2)c1. The summed E-state index contributed by atoms with van der Waals surface area (Å²) in [5.41, 5.74) is 6.36. The quantitative estimate of drug-likeness (QED) is 0.910. The van der Waals surface area contributed by atoms with E-state index in [-0.39, 0.29) is 5.95 Å². The maximum Gasteiger partial charge on any atom is 0.221 e. The number of nitrogens with two attached hydrogens (primary N) is 1. The first kappa shape index (κ1) is 11.7. The van der Waals surface area contributed by atoms with Gasteiger partial charge in [-0.2, -0.15) is 4.98 Å². The van der Waals surface area contributed by atoms with Crippen LogP contribution in [-0.4, -0.2) is 17.1 Å². The van der Waals surface area contributed by atoms with E-state index in [1.54, 1.807) is 19.4 Å². The molecule has 0 saturated heterocycles. The van der Waals surface area contributed by atoms with E-state index >= 15 is 0 Å². The molecule has 0 amide bonds. The predicted molar refractivity (Wildman–Crippen MR) is 70.4 cm³/mol. The van der Waals surface area contributed by atoms with Gasteiger partial charge in [0, 0.05) is 16.7 Å². The van der Waals surface area contributed by atoms with Crippen LogP contribution in [0.5, 0.6) is 5.75 Å². The Balaban J connectivity index is 2.29. The summed E-state index contributed by atoms with van der Waals surface area (Å²) in [6.45, 7) is 0. The zero-order valence-corrected chi connectivity index (χ0v) is 10.7. The second kappa shape index (κ2) is 5.01. The highest BCUT2D eigenvalue weighted by Gasteiger charge is 2.03. The number of halogens is 1. The third-order valence-electron chi connectivity index (χ3n) is 2.11. The predicted octanol–water partition coefficient (Wildman–Crippen LogP) is 2.57. The van der Waals surface area contributed by atoms with Gasteiger partial charge in [-0.05, 0) is 34.1 Å². The lowest BCUT2D eigenvalue weighted by atomic mass is 10.3. The van der Waals surface area contributed by atoms with Gasteiger partial charge in [0.05, 0.1) is 12.8 Å². The molecule has 0 radical (unpaired) electrons. The maximum atomic E-state index is 5.51. The average Bonchev–Trinajstić information content (AvgIpc) is 2.32. The van der Waals surface area contributed by atoms with E-state index in [1.165, 1.54) is 0 Å². The molecule has 17 heavy (non-hydrogen) atoms. The monoisotopic (exact) mass is 294 g/mol. The summed E-state index contributed by atoms with van der Waals surface area (Å²) in [7, 11) is 1.62. The van der Waals surface area contributed by atoms with Gasteiger partial charge in [0.25, 0.3) is 0 Å². The van der Waals surface area contributed by atoms with Crippen molar-refractivity contribution in [2.75, 3.05) is 18.2 Å². The van der Waals surface area contributed by atoms with Crippen molar-refractivity contribution in [2.45, 2.75) is 0 Å². The Morgan fingerprint density at radius 2 is 2.18 bits per heavy atom. The van der Waals surface area contributed by atoms with Crippen molar-refractivity contribution in [1.29, 1.82) is 0 Å². The van der Waals surface area contributed by atoms with E-state index in [0.717, 1.165) is 15.9 Å². The first-order chi connectivity index (χ1) is 8.19. The molecule has 3 N–H and O–H groups in total. The van der Waals surface area contributed by atoms with E-state index in [2.05, 4.69) is 31.2 Å². The molecule has 2 rings (SSSR count). The van der Waals surface area contributed by atoms with Crippen LogP contribution in [0.15, 0.2) is 34.9 Å². The Morgan fingerprint density at radius 3 is 2.88 bits per heavy atom. The molecule has 1 aromatic heterocycles. The number of hydrogen-bond donors (Lipinski definition) is 2. The van der Waals surface area contributed by atoms with Crippen molar-refractivity contribution in [1.82, 2.24) is 9.97 Å². The van der Waals surface area contributed by atoms with Crippen LogP contribution in [0.3, 0.4) is 0 Å². The largest absolute Gasteiger partial charge is 0.497 e. The molecule has 0 aliphatic carbocycles. The molecule has 0 fully saturated rings. The number of benzene rings is 1. The number of anilines is 3. The van der Waals surface area contributed by atoms with Crippen molar-refractivity contribution in [3.8, 4) is 5.75 Å². The molecule has 1 heterocycles. The minimum Gasteiger partial charge on any atom is -0.497 e. The van der Waals surface area contributed by atoms with Crippen molar-refractivity contribution < 1.29 is 4.74 Å². The zero-order valence-electron chi connectivity index (χ0n) is 9.14. The lowest BCUT2D eigenvalue weighted by molar-refractivity contribution is 0.415. The second-order valence-corrected chi connectivity index (χ2v) is 4.13. The summed E-state index contributed by atoms with van der Waals surface area (Å²) in [6.07, 6.45) is 1.60. The highest BCUT2D eigenvalue weighted by atomic mass is 79.9. The Labute approximate surface area is 107 Å². The number of nitrogens with one attached hydrogen (secondary N) is 1. The van der Waals surface area contributed by atoms with Gasteiger partial charge in [-0.25, -0.2) is 4.98 Å². The smallest absolute Gasteiger partial charge is 0.221 e. The van der Waals surface area contributed by atoms with E-state index in [1.807, 2.05) is 18.2 Å². The van der Waals surface area contributed by atoms with Crippen LogP contribution < -0.4 is 15.8 Å². The standard InChI is InChI=1S/C11H11BrN4O/c1-17-7-2-3-8(12)9(6-7)15-10-4-5-14-11(13)16-10/h2-6H,1H3,(H3,13,14,15,16). The molecule has 0 saturated carbocycles. The first-order valence-corrected chi connectivity index (χ1v) is 5.67. The summed E-state index contributed by atoms with van der Waals surface area (Å²) in [4.78, 5) is 7.89. The highest BCUT2D eigenvalue weighted by molar-refractivity contribution is 9.10. The average molecular weight is 295 g/mol. The van der Waals surface area contributed by atoms with E-state index in [9.17, 15) is 0 Å². The van der Waals surface area contributed by atoms with E-state index in [4.69, 9.17) is 10.5 Å². The van der Waals surface area contributed by atoms with Crippen LogP contribution in [0.4, 0.5) is 17.5 Å². The van der Waals surface area contributed by atoms with Crippen molar-refractivity contribution in [3.63, 3.8) is 0 Å². The van der Waals surface area contributed by atoms with Gasteiger partial charge in [0.15, 0.2) is 0 Å². The maximum absolute atomic E-state index is 5.51. The second-order valence-electron chi connectivity index (χ2n) is 3.27. The number of methoxy groups -OCH3 is 1. The summed E-state index contributed by atoms with van der Waals surface area (Å²) in [6, 6.07) is 7.36. The minimum atomic E-state index is 0.231. The van der Waals surface area contributed by atoms with Crippen molar-refractivity contribution >= 4 is 33.4 Å². The summed E-state index contributed by atoms with van der Waals surface area (Å²) < 4.78 is 6.07. The zero-order chi connectivity index (χ0) is 12.3. The molecule has 0 spiro atoms. The molecule has 0 atom stereocenters. The normalized spacial score (nSPS) is 10.0. The molecule has 88 valence electrons. The van der Waals surface area contributed by atoms with Gasteiger partial charge in [-0.3, -0.25) is 0 Å². The molecule has 6 heteroatoms. The van der Waals surface area contributed by atoms with Crippen LogP contribution in [-0.2, 0) is 0 Å². The van der Waals surface area contributed by atoms with Crippen LogP contribution in [0, 0.1) is 0 Å². The molecular weight excluding hydrogens is 284 g/mol. The van der Waals surface area contributed by atoms with Gasteiger partial charge in [0.1, 0.15) is 11.6 Å². The van der Waals surface area contributed by atoms with E-state index < -0.39 is 0 Å². The summed E-state index contributed by atoms with van der Waals surface area (Å²) >= 11 is 3.44. The van der Waals surface area contributed by atoms with Crippen molar-refractivity contribution in [3.05, 3.63) is 34.9 Å². The van der Waals surface area contributed by atoms with E-state index in [0.29, 0.717) is 5.82 Å². The molecule has 5 nitrogen and oxygen atoms in total. The molecule has 0 bridgehead atoms. The van der Waals surface area contributed by atoms with Crippen LogP contribution in [0.25, 0.3) is 0 Å². The van der Waals surface area contributed by atoms with Gasteiger partial charge in [0.2, 0.25) is 5.95 Å². The Kier molecular flexibility index (Phi) is 3.43. The molecule has 1 aromatic carbocycles. The number of aromatic nitrogens is 2. The van der Waals surface area contributed by atoms with Gasteiger partial charge >= 0.3 is 0 Å². The Hall–Kier alpha value is -1.82. The first-order valence-electron chi connectivity index (χ1n) is 4.88. The highest BCUT2D eigenvalue weighted by Crippen LogP contribution is 2.29. The molecular formula is C11H11BrN4O. The summed E-state index contributed by atoms with van der Waals surface area (Å²) in [5, 5.41) is 3.13. The van der Waals surface area contributed by atoms with Gasteiger partial charge < -0.3 is 15.8 Å². The lowest BCUT2D eigenvalue weighted by Crippen LogP contribution is -1.99. The van der Waals surface area contributed by atoms with Crippen molar-refractivity contribution in [2.24, 2.45) is 0 Å². The molecule has 0 aliphatic heterocycles. The minimum absolute atomic E-state index is 0.231. The molecule has 0 unspecified atom stereocenters. The van der Waals surface area contributed by atoms with Crippen LogP contribution >= 0.6 is 15.9 Å². The number of nitrogens with zero attached hydrogens (tertiary/aromatic N) is 2. The Morgan fingerprint density at radius 1 is 1.35 bits per heavy atom. The lowest BCUT2D eigenvalue weighted by Gasteiger charge is -2.09. The number of ether oxygens (including phenoxy) is 1. The molecule has 2 aromatic rings.